The van der Waals surface area contributed by atoms with Gasteiger partial charge in [0.1, 0.15) is 5.82 Å². The van der Waals surface area contributed by atoms with Crippen LogP contribution >= 0.6 is 12.4 Å². The van der Waals surface area contributed by atoms with Gasteiger partial charge in [0.05, 0.1) is 6.20 Å². The van der Waals surface area contributed by atoms with Crippen LogP contribution in [0.15, 0.2) is 12.3 Å². The fourth-order valence-corrected chi connectivity index (χ4v) is 2.33. The van der Waals surface area contributed by atoms with Gasteiger partial charge >= 0.3 is 0 Å². The predicted molar refractivity (Wildman–Crippen MR) is 78.7 cm³/mol. The molecule has 1 atom stereocenters. The molecule has 2 rings (SSSR count). The summed E-state index contributed by atoms with van der Waals surface area (Å²) in [5.41, 5.74) is 0. The van der Waals surface area contributed by atoms with Crippen molar-refractivity contribution in [3.05, 3.63) is 12.3 Å². The molecular weight excluding hydrogens is 264 g/mol. The van der Waals surface area contributed by atoms with E-state index >= 15 is 0 Å². The molecule has 1 fully saturated rings. The number of nitrogens with one attached hydrogen (secondary N) is 2. The Bertz CT molecular complexity index is 399. The summed E-state index contributed by atoms with van der Waals surface area (Å²) in [7, 11) is 0. The van der Waals surface area contributed by atoms with E-state index in [1.807, 2.05) is 24.6 Å². The molecule has 5 nitrogen and oxygen atoms in total. The summed E-state index contributed by atoms with van der Waals surface area (Å²) in [6.45, 7) is 6.24. The molecule has 1 amide bonds. The topological polar surface area (TPSA) is 59.0 Å². The molecular formula is C13H23ClN4O. The number of nitrogens with zero attached hydrogens (tertiary/aromatic N) is 2. The van der Waals surface area contributed by atoms with E-state index in [2.05, 4.69) is 15.7 Å². The Hall–Kier alpha value is -1.07. The maximum atomic E-state index is 11.9. The number of anilines is 1. The second-order valence-electron chi connectivity index (χ2n) is 5.20. The number of halogens is 1. The molecule has 2 heterocycles. The zero-order chi connectivity index (χ0) is 13.0. The van der Waals surface area contributed by atoms with Crippen LogP contribution in [0.25, 0.3) is 0 Å². The van der Waals surface area contributed by atoms with E-state index in [0.29, 0.717) is 12.3 Å². The average molecular weight is 287 g/mol. The summed E-state index contributed by atoms with van der Waals surface area (Å²) in [4.78, 5) is 11.9. The van der Waals surface area contributed by atoms with E-state index in [9.17, 15) is 4.79 Å². The van der Waals surface area contributed by atoms with Crippen molar-refractivity contribution in [2.24, 2.45) is 5.92 Å². The Balaban J connectivity index is 0.00000180. The maximum absolute atomic E-state index is 11.9. The van der Waals surface area contributed by atoms with Crippen LogP contribution in [0.3, 0.4) is 0 Å². The molecule has 1 aromatic rings. The second-order valence-corrected chi connectivity index (χ2v) is 5.20. The van der Waals surface area contributed by atoms with E-state index in [0.717, 1.165) is 25.3 Å². The molecule has 0 spiro atoms. The van der Waals surface area contributed by atoms with Crippen molar-refractivity contribution in [1.29, 1.82) is 0 Å². The predicted octanol–water partition coefficient (Wildman–Crippen LogP) is 2.21. The maximum Gasteiger partial charge on any atom is 0.225 e. The summed E-state index contributed by atoms with van der Waals surface area (Å²) < 4.78 is 1.83. The molecule has 19 heavy (non-hydrogen) atoms. The monoisotopic (exact) mass is 286 g/mol. The standard InChI is InChI=1S/C13H22N4O.ClH/c1-10(2)17-12(6-8-15-17)16-13(18)4-3-11-5-7-14-9-11;/h6,8,10-11,14H,3-5,7,9H2,1-2H3,(H,16,18);1H. The van der Waals surface area contributed by atoms with Crippen LogP contribution in [0, 0.1) is 5.92 Å². The molecule has 1 unspecified atom stereocenters. The minimum Gasteiger partial charge on any atom is -0.316 e. The minimum atomic E-state index is 0. The summed E-state index contributed by atoms with van der Waals surface area (Å²) in [6, 6.07) is 2.10. The van der Waals surface area contributed by atoms with Crippen molar-refractivity contribution in [2.45, 2.75) is 39.2 Å². The van der Waals surface area contributed by atoms with Crippen LogP contribution in [0.4, 0.5) is 5.82 Å². The lowest BCUT2D eigenvalue weighted by Gasteiger charge is -2.12. The van der Waals surface area contributed by atoms with Crippen molar-refractivity contribution in [2.75, 3.05) is 18.4 Å². The summed E-state index contributed by atoms with van der Waals surface area (Å²) >= 11 is 0. The van der Waals surface area contributed by atoms with Crippen molar-refractivity contribution < 1.29 is 4.79 Å². The largest absolute Gasteiger partial charge is 0.316 e. The Morgan fingerprint density at radius 1 is 1.63 bits per heavy atom. The molecule has 6 heteroatoms. The van der Waals surface area contributed by atoms with Crippen LogP contribution < -0.4 is 10.6 Å². The highest BCUT2D eigenvalue weighted by Crippen LogP contribution is 2.16. The van der Waals surface area contributed by atoms with Gasteiger partial charge in [-0.15, -0.1) is 12.4 Å². The number of aromatic nitrogens is 2. The van der Waals surface area contributed by atoms with Crippen molar-refractivity contribution in [3.63, 3.8) is 0 Å². The van der Waals surface area contributed by atoms with Crippen molar-refractivity contribution >= 4 is 24.1 Å². The van der Waals surface area contributed by atoms with Crippen LogP contribution in [-0.2, 0) is 4.79 Å². The molecule has 0 bridgehead atoms. The van der Waals surface area contributed by atoms with Gasteiger partial charge in [0, 0.05) is 18.5 Å². The van der Waals surface area contributed by atoms with E-state index in [1.165, 1.54) is 6.42 Å². The smallest absolute Gasteiger partial charge is 0.225 e. The van der Waals surface area contributed by atoms with Crippen molar-refractivity contribution in [1.82, 2.24) is 15.1 Å². The first-order valence-electron chi connectivity index (χ1n) is 6.71. The first kappa shape index (κ1) is 16.0. The SMILES string of the molecule is CC(C)n1nccc1NC(=O)CCC1CCNC1.Cl. The van der Waals surface area contributed by atoms with Gasteiger partial charge in [-0.2, -0.15) is 5.10 Å². The van der Waals surface area contributed by atoms with Crippen LogP contribution in [0.1, 0.15) is 39.2 Å². The molecule has 1 aliphatic heterocycles. The van der Waals surface area contributed by atoms with Gasteiger partial charge in [-0.1, -0.05) is 0 Å². The molecule has 108 valence electrons. The number of hydrogen-bond donors (Lipinski definition) is 2. The Kier molecular flexibility index (Phi) is 6.31. The lowest BCUT2D eigenvalue weighted by molar-refractivity contribution is -0.116. The highest BCUT2D eigenvalue weighted by molar-refractivity contribution is 5.89. The molecule has 0 radical (unpaired) electrons. The summed E-state index contributed by atoms with van der Waals surface area (Å²) in [5, 5.41) is 10.5. The number of hydrogen-bond acceptors (Lipinski definition) is 3. The number of amides is 1. The Labute approximate surface area is 120 Å². The number of carbonyl (C=O) groups excluding carboxylic acids is 1. The van der Waals surface area contributed by atoms with E-state index in [4.69, 9.17) is 0 Å². The van der Waals surface area contributed by atoms with Crippen LogP contribution in [0.2, 0.25) is 0 Å². The van der Waals surface area contributed by atoms with E-state index < -0.39 is 0 Å². The van der Waals surface area contributed by atoms with Gasteiger partial charge in [-0.25, -0.2) is 4.68 Å². The number of rotatable bonds is 5. The lowest BCUT2D eigenvalue weighted by atomic mass is 10.0. The van der Waals surface area contributed by atoms with Crippen molar-refractivity contribution in [3.8, 4) is 0 Å². The molecule has 0 saturated carbocycles. The molecule has 1 aliphatic rings. The zero-order valence-corrected chi connectivity index (χ0v) is 12.4. The summed E-state index contributed by atoms with van der Waals surface area (Å²) in [5.74, 6) is 1.54. The van der Waals surface area contributed by atoms with Gasteiger partial charge in [0.15, 0.2) is 0 Å². The third-order valence-electron chi connectivity index (χ3n) is 3.37. The third kappa shape index (κ3) is 4.51. The fourth-order valence-electron chi connectivity index (χ4n) is 2.33. The quantitative estimate of drug-likeness (QED) is 0.872. The van der Waals surface area contributed by atoms with Crippen LogP contribution in [-0.4, -0.2) is 28.8 Å². The van der Waals surface area contributed by atoms with Gasteiger partial charge in [-0.05, 0) is 45.7 Å². The fraction of sp³-hybridized carbons (Fsp3) is 0.692. The first-order chi connectivity index (χ1) is 8.66. The van der Waals surface area contributed by atoms with Gasteiger partial charge in [0.25, 0.3) is 0 Å². The van der Waals surface area contributed by atoms with Gasteiger partial charge in [-0.3, -0.25) is 4.79 Å². The second kappa shape index (κ2) is 7.50. The normalized spacial score (nSPS) is 18.4. The molecule has 1 aromatic heterocycles. The zero-order valence-electron chi connectivity index (χ0n) is 11.6. The lowest BCUT2D eigenvalue weighted by Crippen LogP contribution is -2.18. The van der Waals surface area contributed by atoms with Crippen LogP contribution in [0.5, 0.6) is 0 Å². The summed E-state index contributed by atoms with van der Waals surface area (Å²) in [6.07, 6.45) is 4.47. The minimum absolute atomic E-state index is 0. The Morgan fingerprint density at radius 3 is 3.05 bits per heavy atom. The first-order valence-corrected chi connectivity index (χ1v) is 6.71. The average Bonchev–Trinajstić information content (AvgIpc) is 2.96. The Morgan fingerprint density at radius 2 is 2.42 bits per heavy atom. The van der Waals surface area contributed by atoms with E-state index in [-0.39, 0.29) is 24.4 Å². The number of carbonyl (C=O) groups is 1. The molecule has 1 saturated heterocycles. The third-order valence-corrected chi connectivity index (χ3v) is 3.37. The molecule has 0 aromatic carbocycles. The van der Waals surface area contributed by atoms with Gasteiger partial charge in [0.2, 0.25) is 5.91 Å². The van der Waals surface area contributed by atoms with Gasteiger partial charge < -0.3 is 10.6 Å². The highest BCUT2D eigenvalue weighted by Gasteiger charge is 2.16. The molecule has 2 N–H and O–H groups in total. The molecule has 0 aliphatic carbocycles. The van der Waals surface area contributed by atoms with E-state index in [1.54, 1.807) is 6.20 Å². The highest BCUT2D eigenvalue weighted by atomic mass is 35.5.